The molecule has 3 aromatic rings. The van der Waals surface area contributed by atoms with Gasteiger partial charge in [-0.15, -0.1) is 0 Å². The molecule has 0 spiro atoms. The highest BCUT2D eigenvalue weighted by Crippen LogP contribution is 2.38. The molecule has 7 nitrogen and oxygen atoms in total. The maximum Gasteiger partial charge on any atom is 0.303 e. The first-order chi connectivity index (χ1) is 18.5. The van der Waals surface area contributed by atoms with Gasteiger partial charge in [-0.05, 0) is 23.3 Å². The Kier molecular flexibility index (Phi) is 10.3. The molecule has 3 aromatic carbocycles. The molecule has 0 bridgehead atoms. The third-order valence-electron chi connectivity index (χ3n) is 5.91. The van der Waals surface area contributed by atoms with Crippen LogP contribution in [0.15, 0.2) is 95.9 Å². The van der Waals surface area contributed by atoms with Crippen molar-refractivity contribution in [2.75, 3.05) is 6.61 Å². The fourth-order valence-corrected chi connectivity index (χ4v) is 5.32. The Morgan fingerprint density at radius 1 is 0.711 bits per heavy atom. The molecule has 1 heterocycles. The SMILES string of the molecule is CC(=O)OCC1O[C@@H](Sc2ccccc2)C(OCc2ccccc2)C(OCc2ccccc2)[C@H]1OC(C)=O. The lowest BCUT2D eigenvalue weighted by Gasteiger charge is -2.45. The van der Waals surface area contributed by atoms with E-state index in [1.165, 1.54) is 25.6 Å². The van der Waals surface area contributed by atoms with E-state index in [4.69, 9.17) is 23.7 Å². The van der Waals surface area contributed by atoms with E-state index in [0.717, 1.165) is 16.0 Å². The molecule has 1 saturated heterocycles. The molecule has 0 amide bonds. The van der Waals surface area contributed by atoms with E-state index >= 15 is 0 Å². The van der Waals surface area contributed by atoms with E-state index < -0.39 is 41.8 Å². The first-order valence-corrected chi connectivity index (χ1v) is 13.4. The molecule has 0 radical (unpaired) electrons. The fourth-order valence-electron chi connectivity index (χ4n) is 4.17. The first kappa shape index (κ1) is 27.9. The van der Waals surface area contributed by atoms with Gasteiger partial charge in [0.1, 0.15) is 30.4 Å². The summed E-state index contributed by atoms with van der Waals surface area (Å²) in [5, 5.41) is 0. The zero-order chi connectivity index (χ0) is 26.7. The zero-order valence-corrected chi connectivity index (χ0v) is 22.3. The summed E-state index contributed by atoms with van der Waals surface area (Å²) in [6.45, 7) is 3.16. The molecular formula is C30H32O7S. The van der Waals surface area contributed by atoms with Crippen LogP contribution < -0.4 is 0 Å². The lowest BCUT2D eigenvalue weighted by atomic mass is 9.99. The first-order valence-electron chi connectivity index (χ1n) is 12.5. The number of carbonyl (C=O) groups excluding carboxylic acids is 2. The number of ether oxygens (including phenoxy) is 5. The Labute approximate surface area is 227 Å². The van der Waals surface area contributed by atoms with Crippen LogP contribution in [0.3, 0.4) is 0 Å². The van der Waals surface area contributed by atoms with E-state index in [0.29, 0.717) is 6.61 Å². The molecule has 1 aliphatic heterocycles. The zero-order valence-electron chi connectivity index (χ0n) is 21.4. The van der Waals surface area contributed by atoms with E-state index in [-0.39, 0.29) is 13.2 Å². The summed E-state index contributed by atoms with van der Waals surface area (Å²) in [6, 6.07) is 29.4. The summed E-state index contributed by atoms with van der Waals surface area (Å²) >= 11 is 1.48. The van der Waals surface area contributed by atoms with Crippen molar-refractivity contribution in [1.29, 1.82) is 0 Å². The van der Waals surface area contributed by atoms with E-state index in [2.05, 4.69) is 0 Å². The molecule has 0 aromatic heterocycles. The second-order valence-corrected chi connectivity index (χ2v) is 10.0. The van der Waals surface area contributed by atoms with Crippen molar-refractivity contribution in [3.8, 4) is 0 Å². The van der Waals surface area contributed by atoms with Crippen molar-refractivity contribution < 1.29 is 33.3 Å². The Morgan fingerprint density at radius 2 is 1.24 bits per heavy atom. The molecular weight excluding hydrogens is 504 g/mol. The number of esters is 2. The van der Waals surface area contributed by atoms with Gasteiger partial charge in [0.25, 0.3) is 0 Å². The molecule has 0 N–H and O–H groups in total. The summed E-state index contributed by atoms with van der Waals surface area (Å²) in [5.41, 5.74) is 1.42. The second kappa shape index (κ2) is 14.1. The van der Waals surface area contributed by atoms with Crippen LogP contribution in [-0.2, 0) is 46.5 Å². The average molecular weight is 537 g/mol. The van der Waals surface area contributed by atoms with Crippen molar-refractivity contribution in [2.24, 2.45) is 0 Å². The van der Waals surface area contributed by atoms with Crippen LogP contribution in [0, 0.1) is 0 Å². The Bertz CT molecular complexity index is 1140. The minimum absolute atomic E-state index is 0.0876. The molecule has 4 rings (SSSR count). The van der Waals surface area contributed by atoms with Gasteiger partial charge < -0.3 is 23.7 Å². The number of carbonyl (C=O) groups is 2. The molecule has 200 valence electrons. The van der Waals surface area contributed by atoms with Gasteiger partial charge in [-0.2, -0.15) is 0 Å². The van der Waals surface area contributed by atoms with Crippen molar-refractivity contribution in [2.45, 2.75) is 61.8 Å². The van der Waals surface area contributed by atoms with E-state index in [1.54, 1.807) is 0 Å². The molecule has 8 heteroatoms. The third kappa shape index (κ3) is 8.16. The largest absolute Gasteiger partial charge is 0.463 e. The summed E-state index contributed by atoms with van der Waals surface area (Å²) in [4.78, 5) is 24.8. The molecule has 3 unspecified atom stereocenters. The highest BCUT2D eigenvalue weighted by Gasteiger charge is 2.50. The van der Waals surface area contributed by atoms with Crippen LogP contribution >= 0.6 is 11.8 Å². The van der Waals surface area contributed by atoms with Crippen molar-refractivity contribution in [3.05, 3.63) is 102 Å². The van der Waals surface area contributed by atoms with Gasteiger partial charge in [0.15, 0.2) is 6.10 Å². The van der Waals surface area contributed by atoms with E-state index in [9.17, 15) is 9.59 Å². The van der Waals surface area contributed by atoms with Crippen LogP contribution in [0.5, 0.6) is 0 Å². The van der Waals surface area contributed by atoms with Gasteiger partial charge in [0.2, 0.25) is 0 Å². The quantitative estimate of drug-likeness (QED) is 0.311. The molecule has 5 atom stereocenters. The summed E-state index contributed by atoms with van der Waals surface area (Å²) in [5.74, 6) is -0.942. The van der Waals surface area contributed by atoms with Crippen LogP contribution in [0.2, 0.25) is 0 Å². The van der Waals surface area contributed by atoms with Crippen molar-refractivity contribution in [1.82, 2.24) is 0 Å². The van der Waals surface area contributed by atoms with Gasteiger partial charge >= 0.3 is 11.9 Å². The van der Waals surface area contributed by atoms with Crippen molar-refractivity contribution >= 4 is 23.7 Å². The fraction of sp³-hybridized carbons (Fsp3) is 0.333. The van der Waals surface area contributed by atoms with Crippen LogP contribution in [-0.4, -0.2) is 48.4 Å². The topological polar surface area (TPSA) is 80.3 Å². The van der Waals surface area contributed by atoms with Gasteiger partial charge in [-0.3, -0.25) is 9.59 Å². The molecule has 0 aliphatic carbocycles. The van der Waals surface area contributed by atoms with Crippen molar-refractivity contribution in [3.63, 3.8) is 0 Å². The molecule has 0 saturated carbocycles. The number of thioether (sulfide) groups is 1. The Hall–Kier alpha value is -3.17. The number of hydrogen-bond donors (Lipinski definition) is 0. The Morgan fingerprint density at radius 3 is 1.76 bits per heavy atom. The smallest absolute Gasteiger partial charge is 0.303 e. The average Bonchev–Trinajstić information content (AvgIpc) is 2.92. The maximum absolute atomic E-state index is 12.2. The lowest BCUT2D eigenvalue weighted by Crippen LogP contribution is -2.60. The molecule has 1 fully saturated rings. The number of rotatable bonds is 11. The van der Waals surface area contributed by atoms with Crippen LogP contribution in [0.1, 0.15) is 25.0 Å². The predicted octanol–water partition coefficient (Wildman–Crippen LogP) is 5.17. The summed E-state index contributed by atoms with van der Waals surface area (Å²) in [7, 11) is 0. The third-order valence-corrected chi connectivity index (χ3v) is 7.07. The summed E-state index contributed by atoms with van der Waals surface area (Å²) < 4.78 is 30.4. The molecule has 1 aliphatic rings. The van der Waals surface area contributed by atoms with Crippen LogP contribution in [0.4, 0.5) is 0 Å². The normalized spacial score (nSPS) is 22.9. The van der Waals surface area contributed by atoms with Gasteiger partial charge in [-0.25, -0.2) is 0 Å². The minimum atomic E-state index is -0.857. The minimum Gasteiger partial charge on any atom is -0.463 e. The number of benzene rings is 3. The highest BCUT2D eigenvalue weighted by molar-refractivity contribution is 7.99. The highest BCUT2D eigenvalue weighted by atomic mass is 32.2. The van der Waals surface area contributed by atoms with Gasteiger partial charge in [0.05, 0.1) is 13.2 Å². The summed E-state index contributed by atoms with van der Waals surface area (Å²) in [6.07, 6.45) is -2.91. The Balaban J connectivity index is 1.67. The van der Waals surface area contributed by atoms with Gasteiger partial charge in [0, 0.05) is 18.7 Å². The maximum atomic E-state index is 12.2. The molecule has 38 heavy (non-hydrogen) atoms. The predicted molar refractivity (Wildman–Crippen MR) is 143 cm³/mol. The standard InChI is InChI=1S/C30H32O7S/c1-21(31)33-20-26-27(36-22(2)32)28(34-18-23-12-6-3-7-13-23)29(35-19-24-14-8-4-9-15-24)30(37-26)38-25-16-10-5-11-17-25/h3-17,26-30H,18-20H2,1-2H3/t26?,27-,28?,29?,30-/m0/s1. The van der Waals surface area contributed by atoms with Gasteiger partial charge in [-0.1, -0.05) is 90.6 Å². The lowest BCUT2D eigenvalue weighted by molar-refractivity contribution is -0.246. The number of hydrogen-bond acceptors (Lipinski definition) is 8. The second-order valence-electron chi connectivity index (χ2n) is 8.87. The van der Waals surface area contributed by atoms with E-state index in [1.807, 2.05) is 91.0 Å². The monoisotopic (exact) mass is 536 g/mol. The van der Waals surface area contributed by atoms with Crippen LogP contribution in [0.25, 0.3) is 0 Å².